The molecule has 1 aromatic rings. The maximum atomic E-state index is 13.3. The third-order valence-corrected chi connectivity index (χ3v) is 7.39. The van der Waals surface area contributed by atoms with Crippen molar-refractivity contribution >= 4 is 34.8 Å². The molecule has 3 aliphatic rings. The number of likely N-dealkylation sites (N-methyl/N-ethyl adjacent to an activating group) is 1. The van der Waals surface area contributed by atoms with Crippen molar-refractivity contribution < 1.29 is 34.8 Å². The van der Waals surface area contributed by atoms with E-state index in [9.17, 15) is 34.8 Å². The van der Waals surface area contributed by atoms with Crippen LogP contribution in [0.1, 0.15) is 22.3 Å². The van der Waals surface area contributed by atoms with E-state index < -0.39 is 64.5 Å². The Kier molecular flexibility index (Phi) is 5.05. The molecular formula is C21H24ClN3O7. The van der Waals surface area contributed by atoms with Gasteiger partial charge in [0.2, 0.25) is 5.91 Å². The van der Waals surface area contributed by atoms with Gasteiger partial charge in [-0.3, -0.25) is 14.4 Å². The van der Waals surface area contributed by atoms with Gasteiger partial charge in [-0.25, -0.2) is 0 Å². The molecule has 1 amide bonds. The summed E-state index contributed by atoms with van der Waals surface area (Å²) in [6, 6.07) is 0.546. The summed E-state index contributed by atoms with van der Waals surface area (Å²) in [5.74, 6) is -7.99. The standard InChI is InChI=1S/C21H24ClN3O7/c1-25(2)14-8-4-6-3-7-5-9(22)13(23)16(27)10(7)15(26)11(6)18(29)21(8,32)19(30)12(17(14)28)20(24)31/h5-6,8,12,14,17,27-29,32H,3-4,23H2,1-2H3,(H2,24,31)/t6-,8-,12?,14-,17?,21-/m0/s1. The van der Waals surface area contributed by atoms with Crippen LogP contribution < -0.4 is 11.5 Å². The van der Waals surface area contributed by atoms with Gasteiger partial charge in [-0.2, -0.15) is 0 Å². The number of aliphatic hydroxyl groups excluding tert-OH is 2. The maximum Gasteiger partial charge on any atom is 0.230 e. The largest absolute Gasteiger partial charge is 0.508 e. The fourth-order valence-corrected chi connectivity index (χ4v) is 5.86. The Bertz CT molecular complexity index is 1100. The molecule has 0 aromatic heterocycles. The highest BCUT2D eigenvalue weighted by molar-refractivity contribution is 6.34. The van der Waals surface area contributed by atoms with Crippen LogP contribution in [-0.2, 0) is 16.0 Å². The summed E-state index contributed by atoms with van der Waals surface area (Å²) in [5.41, 5.74) is 8.28. The Morgan fingerprint density at radius 1 is 1.28 bits per heavy atom. The molecule has 0 bridgehead atoms. The van der Waals surface area contributed by atoms with E-state index in [0.29, 0.717) is 5.56 Å². The number of fused-ring (bicyclic) bond motifs is 3. The van der Waals surface area contributed by atoms with E-state index >= 15 is 0 Å². The molecule has 1 saturated carbocycles. The van der Waals surface area contributed by atoms with Crippen molar-refractivity contribution in [1.29, 1.82) is 0 Å². The van der Waals surface area contributed by atoms with Crippen LogP contribution in [0.3, 0.4) is 0 Å². The number of Topliss-reactive ketones (excluding diaryl/α,β-unsaturated/α-hetero) is 2. The van der Waals surface area contributed by atoms with Crippen LogP contribution in [0.5, 0.6) is 5.75 Å². The number of carbonyl (C=O) groups excluding carboxylic acids is 3. The molecule has 32 heavy (non-hydrogen) atoms. The van der Waals surface area contributed by atoms with Gasteiger partial charge in [-0.1, -0.05) is 11.6 Å². The molecule has 11 heteroatoms. The lowest BCUT2D eigenvalue weighted by Crippen LogP contribution is -2.71. The van der Waals surface area contributed by atoms with Gasteiger partial charge < -0.3 is 36.8 Å². The van der Waals surface area contributed by atoms with Crippen LogP contribution >= 0.6 is 11.6 Å². The van der Waals surface area contributed by atoms with Gasteiger partial charge in [0.05, 0.1) is 22.4 Å². The minimum atomic E-state index is -2.61. The maximum absolute atomic E-state index is 13.3. The normalized spacial score (nSPS) is 34.2. The van der Waals surface area contributed by atoms with Crippen LogP contribution in [-0.4, -0.2) is 74.6 Å². The molecule has 3 aliphatic carbocycles. The predicted octanol–water partition coefficient (Wildman–Crippen LogP) is -0.479. The van der Waals surface area contributed by atoms with Crippen molar-refractivity contribution in [3.8, 4) is 5.75 Å². The second-order valence-electron chi connectivity index (χ2n) is 8.94. The molecule has 8 N–H and O–H groups in total. The lowest BCUT2D eigenvalue weighted by molar-refractivity contribution is -0.178. The average Bonchev–Trinajstić information content (AvgIpc) is 2.68. The van der Waals surface area contributed by atoms with E-state index in [0.717, 1.165) is 0 Å². The number of nitrogens with zero attached hydrogens (tertiary/aromatic N) is 1. The number of anilines is 1. The molecule has 4 rings (SSSR count). The molecule has 2 unspecified atom stereocenters. The van der Waals surface area contributed by atoms with E-state index in [4.69, 9.17) is 23.1 Å². The Morgan fingerprint density at radius 2 is 1.91 bits per heavy atom. The first kappa shape index (κ1) is 22.5. The zero-order valence-electron chi connectivity index (χ0n) is 17.4. The zero-order valence-corrected chi connectivity index (χ0v) is 18.1. The van der Waals surface area contributed by atoms with Crippen molar-refractivity contribution in [2.24, 2.45) is 23.5 Å². The number of benzene rings is 1. The molecule has 0 radical (unpaired) electrons. The van der Waals surface area contributed by atoms with Crippen LogP contribution in [0, 0.1) is 17.8 Å². The number of halogens is 1. The van der Waals surface area contributed by atoms with Gasteiger partial charge in [0.15, 0.2) is 22.9 Å². The first-order chi connectivity index (χ1) is 14.8. The SMILES string of the molecule is CN(C)[C@@H]1C(O)C(C(N)=O)C(=O)[C@@]2(O)C(O)=C3C(=O)c4c(cc(Cl)c(N)c4O)C[C@H]3C[C@@H]12. The molecule has 0 saturated heterocycles. The monoisotopic (exact) mass is 465 g/mol. The summed E-state index contributed by atoms with van der Waals surface area (Å²) in [4.78, 5) is 40.0. The highest BCUT2D eigenvalue weighted by atomic mass is 35.5. The van der Waals surface area contributed by atoms with Crippen LogP contribution in [0.25, 0.3) is 0 Å². The summed E-state index contributed by atoms with van der Waals surface area (Å²) < 4.78 is 0. The van der Waals surface area contributed by atoms with Gasteiger partial charge in [0.25, 0.3) is 0 Å². The number of phenolic OH excluding ortho intramolecular Hbond substituents is 1. The highest BCUT2D eigenvalue weighted by Crippen LogP contribution is 2.53. The summed E-state index contributed by atoms with van der Waals surface area (Å²) in [5, 5.41) is 43.9. The van der Waals surface area contributed by atoms with E-state index in [1.807, 2.05) is 0 Å². The first-order valence-corrected chi connectivity index (χ1v) is 10.4. The van der Waals surface area contributed by atoms with Crippen molar-refractivity contribution in [3.05, 3.63) is 33.5 Å². The molecule has 0 heterocycles. The average molecular weight is 466 g/mol. The fraction of sp³-hybridized carbons (Fsp3) is 0.476. The van der Waals surface area contributed by atoms with Crippen molar-refractivity contribution in [1.82, 2.24) is 4.90 Å². The van der Waals surface area contributed by atoms with E-state index in [-0.39, 0.29) is 34.7 Å². The number of rotatable bonds is 2. The third-order valence-electron chi connectivity index (χ3n) is 7.07. The quantitative estimate of drug-likeness (QED) is 0.190. The molecule has 1 aromatic carbocycles. The molecule has 0 spiro atoms. The number of nitrogens with two attached hydrogens (primary N) is 2. The number of hydrogen-bond donors (Lipinski definition) is 6. The summed E-state index contributed by atoms with van der Waals surface area (Å²) in [7, 11) is 3.20. The minimum Gasteiger partial charge on any atom is -0.508 e. The number of allylic oxidation sites excluding steroid dienone is 1. The second kappa shape index (κ2) is 7.17. The first-order valence-electron chi connectivity index (χ1n) is 10.0. The zero-order chi connectivity index (χ0) is 23.9. The molecule has 10 nitrogen and oxygen atoms in total. The molecular weight excluding hydrogens is 442 g/mol. The number of aromatic hydroxyl groups is 1. The Morgan fingerprint density at radius 3 is 2.47 bits per heavy atom. The van der Waals surface area contributed by atoms with E-state index in [1.54, 1.807) is 19.0 Å². The third kappa shape index (κ3) is 2.73. The molecule has 0 aliphatic heterocycles. The van der Waals surface area contributed by atoms with Crippen LogP contribution in [0.4, 0.5) is 5.69 Å². The summed E-state index contributed by atoms with van der Waals surface area (Å²) in [6.07, 6.45) is -1.30. The Hall–Kier alpha value is -2.66. The van der Waals surface area contributed by atoms with Crippen molar-refractivity contribution in [3.63, 3.8) is 0 Å². The molecule has 1 fully saturated rings. The number of nitrogen functional groups attached to an aromatic ring is 1. The number of primary amides is 1. The Balaban J connectivity index is 1.95. The number of phenols is 1. The number of carbonyl (C=O) groups is 3. The number of aliphatic hydroxyl groups is 3. The second-order valence-corrected chi connectivity index (χ2v) is 9.35. The smallest absolute Gasteiger partial charge is 0.230 e. The summed E-state index contributed by atoms with van der Waals surface area (Å²) >= 11 is 6.06. The van der Waals surface area contributed by atoms with E-state index in [2.05, 4.69) is 0 Å². The highest BCUT2D eigenvalue weighted by Gasteiger charge is 2.66. The van der Waals surface area contributed by atoms with E-state index in [1.165, 1.54) is 6.07 Å². The Labute approximate surface area is 188 Å². The van der Waals surface area contributed by atoms with Gasteiger partial charge in [-0.15, -0.1) is 0 Å². The van der Waals surface area contributed by atoms with Gasteiger partial charge in [-0.05, 0) is 44.5 Å². The predicted molar refractivity (Wildman–Crippen MR) is 113 cm³/mol. The number of hydrogen-bond acceptors (Lipinski definition) is 9. The number of ketones is 2. The minimum absolute atomic E-state index is 0.0426. The molecule has 172 valence electrons. The van der Waals surface area contributed by atoms with Crippen LogP contribution in [0.2, 0.25) is 5.02 Å². The summed E-state index contributed by atoms with van der Waals surface area (Å²) in [6.45, 7) is 0. The van der Waals surface area contributed by atoms with Gasteiger partial charge >= 0.3 is 0 Å². The van der Waals surface area contributed by atoms with Crippen LogP contribution in [0.15, 0.2) is 17.4 Å². The van der Waals surface area contributed by atoms with Crippen molar-refractivity contribution in [2.75, 3.05) is 19.8 Å². The fourth-order valence-electron chi connectivity index (χ4n) is 5.64. The van der Waals surface area contributed by atoms with Crippen molar-refractivity contribution in [2.45, 2.75) is 30.6 Å². The topological polar surface area (TPSA) is 187 Å². The lowest BCUT2D eigenvalue weighted by atomic mass is 9.56. The van der Waals surface area contributed by atoms with Gasteiger partial charge in [0, 0.05) is 17.5 Å². The lowest BCUT2D eigenvalue weighted by Gasteiger charge is -2.53. The number of amides is 1. The molecule has 6 atom stereocenters. The van der Waals surface area contributed by atoms with Gasteiger partial charge in [0.1, 0.15) is 11.7 Å².